The van der Waals surface area contributed by atoms with Crippen LogP contribution in [0.25, 0.3) is 11.3 Å². The molecule has 80 valence electrons. The SMILES string of the molecule is CNCc1cn[nH]c1-c1cc(Cl)sc1Cl. The second-order valence-electron chi connectivity index (χ2n) is 3.04. The zero-order valence-electron chi connectivity index (χ0n) is 7.97. The third kappa shape index (κ3) is 2.18. The molecule has 0 spiro atoms. The standard InChI is InChI=1S/C9H9Cl2N3S/c1-12-3-5-4-13-14-8(5)6-2-7(10)15-9(6)11/h2,4,12H,3H2,1H3,(H,13,14). The summed E-state index contributed by atoms with van der Waals surface area (Å²) in [5.74, 6) is 0. The Balaban J connectivity index is 2.44. The molecule has 2 N–H and O–H groups in total. The van der Waals surface area contributed by atoms with Crippen LogP contribution in [0.4, 0.5) is 0 Å². The van der Waals surface area contributed by atoms with E-state index < -0.39 is 0 Å². The normalized spacial score (nSPS) is 10.9. The predicted octanol–water partition coefficient (Wildman–Crippen LogP) is 3.16. The highest BCUT2D eigenvalue weighted by Gasteiger charge is 2.13. The highest BCUT2D eigenvalue weighted by atomic mass is 35.5. The van der Waals surface area contributed by atoms with Gasteiger partial charge >= 0.3 is 0 Å². The van der Waals surface area contributed by atoms with E-state index in [0.29, 0.717) is 8.67 Å². The molecule has 0 saturated carbocycles. The molecule has 2 aromatic heterocycles. The number of H-pyrrole nitrogens is 1. The van der Waals surface area contributed by atoms with Gasteiger partial charge in [-0.3, -0.25) is 5.10 Å². The molecule has 2 heterocycles. The van der Waals surface area contributed by atoms with E-state index in [1.165, 1.54) is 11.3 Å². The zero-order chi connectivity index (χ0) is 10.8. The fraction of sp³-hybridized carbons (Fsp3) is 0.222. The van der Waals surface area contributed by atoms with Crippen LogP contribution in [0.2, 0.25) is 8.67 Å². The molecule has 0 bridgehead atoms. The number of nitrogens with one attached hydrogen (secondary N) is 2. The smallest absolute Gasteiger partial charge is 0.104 e. The molecule has 0 aliphatic carbocycles. The summed E-state index contributed by atoms with van der Waals surface area (Å²) in [5, 5.41) is 10.0. The van der Waals surface area contributed by atoms with Crippen LogP contribution in [0.1, 0.15) is 5.56 Å². The summed E-state index contributed by atoms with van der Waals surface area (Å²) in [7, 11) is 1.89. The van der Waals surface area contributed by atoms with Gasteiger partial charge < -0.3 is 5.32 Å². The van der Waals surface area contributed by atoms with Crippen molar-refractivity contribution >= 4 is 34.5 Å². The molecule has 0 aromatic carbocycles. The van der Waals surface area contributed by atoms with Gasteiger partial charge in [0.25, 0.3) is 0 Å². The average molecular weight is 262 g/mol. The molecule has 0 fully saturated rings. The summed E-state index contributed by atoms with van der Waals surface area (Å²) in [6, 6.07) is 1.85. The van der Waals surface area contributed by atoms with Gasteiger partial charge in [-0.05, 0) is 13.1 Å². The molecular weight excluding hydrogens is 253 g/mol. The molecule has 0 amide bonds. The van der Waals surface area contributed by atoms with Gasteiger partial charge in [0, 0.05) is 17.7 Å². The first-order valence-electron chi connectivity index (χ1n) is 4.34. The Morgan fingerprint density at radius 1 is 1.53 bits per heavy atom. The van der Waals surface area contributed by atoms with Gasteiger partial charge in [-0.25, -0.2) is 0 Å². The highest BCUT2D eigenvalue weighted by Crippen LogP contribution is 2.38. The van der Waals surface area contributed by atoms with Crippen molar-refractivity contribution in [2.24, 2.45) is 0 Å². The van der Waals surface area contributed by atoms with Gasteiger partial charge in [0.05, 0.1) is 16.2 Å². The topological polar surface area (TPSA) is 40.7 Å². The van der Waals surface area contributed by atoms with E-state index >= 15 is 0 Å². The molecule has 15 heavy (non-hydrogen) atoms. The van der Waals surface area contributed by atoms with E-state index in [4.69, 9.17) is 23.2 Å². The van der Waals surface area contributed by atoms with Crippen molar-refractivity contribution in [1.82, 2.24) is 15.5 Å². The largest absolute Gasteiger partial charge is 0.316 e. The second kappa shape index (κ2) is 4.53. The zero-order valence-corrected chi connectivity index (χ0v) is 10.3. The predicted molar refractivity (Wildman–Crippen MR) is 64.7 cm³/mol. The van der Waals surface area contributed by atoms with Crippen molar-refractivity contribution in [1.29, 1.82) is 0 Å². The summed E-state index contributed by atoms with van der Waals surface area (Å²) in [4.78, 5) is 0. The monoisotopic (exact) mass is 261 g/mol. The minimum Gasteiger partial charge on any atom is -0.316 e. The fourth-order valence-electron chi connectivity index (χ4n) is 1.38. The van der Waals surface area contributed by atoms with Crippen molar-refractivity contribution < 1.29 is 0 Å². The van der Waals surface area contributed by atoms with Crippen LogP contribution in [-0.2, 0) is 6.54 Å². The minimum atomic E-state index is 0.681. The summed E-state index contributed by atoms with van der Waals surface area (Å²) in [6.07, 6.45) is 1.79. The van der Waals surface area contributed by atoms with Crippen LogP contribution >= 0.6 is 34.5 Å². The van der Waals surface area contributed by atoms with Crippen molar-refractivity contribution in [2.75, 3.05) is 7.05 Å². The third-order valence-corrected chi connectivity index (χ3v) is 3.50. The first-order chi connectivity index (χ1) is 7.22. The molecule has 0 unspecified atom stereocenters. The number of halogens is 2. The Morgan fingerprint density at radius 3 is 2.93 bits per heavy atom. The van der Waals surface area contributed by atoms with E-state index in [2.05, 4.69) is 15.5 Å². The second-order valence-corrected chi connectivity index (χ2v) is 5.32. The van der Waals surface area contributed by atoms with Gasteiger partial charge in [0.15, 0.2) is 0 Å². The van der Waals surface area contributed by atoms with Crippen LogP contribution < -0.4 is 5.32 Å². The van der Waals surface area contributed by atoms with Gasteiger partial charge in [-0.2, -0.15) is 5.10 Å². The van der Waals surface area contributed by atoms with E-state index in [1.54, 1.807) is 6.20 Å². The minimum absolute atomic E-state index is 0.681. The Labute approximate surface area is 101 Å². The Kier molecular flexibility index (Phi) is 3.31. The number of aromatic nitrogens is 2. The lowest BCUT2D eigenvalue weighted by Gasteiger charge is -2.00. The molecule has 6 heteroatoms. The van der Waals surface area contributed by atoms with Crippen LogP contribution in [0.15, 0.2) is 12.3 Å². The molecule has 2 rings (SSSR count). The number of thiophene rings is 1. The van der Waals surface area contributed by atoms with Crippen LogP contribution in [0, 0.1) is 0 Å². The maximum absolute atomic E-state index is 6.07. The molecule has 0 atom stereocenters. The van der Waals surface area contributed by atoms with Gasteiger partial charge in [-0.1, -0.05) is 23.2 Å². The van der Waals surface area contributed by atoms with Crippen LogP contribution in [-0.4, -0.2) is 17.2 Å². The molecular formula is C9H9Cl2N3S. The van der Waals surface area contributed by atoms with Crippen molar-refractivity contribution in [3.05, 3.63) is 26.5 Å². The first kappa shape index (κ1) is 11.0. The number of hydrogen-bond acceptors (Lipinski definition) is 3. The van der Waals surface area contributed by atoms with Gasteiger partial charge in [0.1, 0.15) is 4.34 Å². The van der Waals surface area contributed by atoms with Crippen LogP contribution in [0.5, 0.6) is 0 Å². The average Bonchev–Trinajstić information content (AvgIpc) is 2.73. The summed E-state index contributed by atoms with van der Waals surface area (Å²) >= 11 is 13.3. The van der Waals surface area contributed by atoms with E-state index in [9.17, 15) is 0 Å². The first-order valence-corrected chi connectivity index (χ1v) is 5.91. The van der Waals surface area contributed by atoms with Crippen molar-refractivity contribution in [2.45, 2.75) is 6.54 Å². The highest BCUT2D eigenvalue weighted by molar-refractivity contribution is 7.20. The molecule has 3 nitrogen and oxygen atoms in total. The fourth-order valence-corrected chi connectivity index (χ4v) is 2.86. The molecule has 0 aliphatic rings. The van der Waals surface area contributed by atoms with Crippen LogP contribution in [0.3, 0.4) is 0 Å². The molecule has 2 aromatic rings. The Bertz CT molecular complexity index is 464. The summed E-state index contributed by atoms with van der Waals surface area (Å²) in [5.41, 5.74) is 2.92. The molecule has 0 radical (unpaired) electrons. The van der Waals surface area contributed by atoms with E-state index in [0.717, 1.165) is 23.4 Å². The molecule has 0 aliphatic heterocycles. The number of nitrogens with zero attached hydrogens (tertiary/aromatic N) is 1. The molecule has 0 saturated heterocycles. The quantitative estimate of drug-likeness (QED) is 0.892. The van der Waals surface area contributed by atoms with E-state index in [1.807, 2.05) is 13.1 Å². The van der Waals surface area contributed by atoms with Crippen molar-refractivity contribution in [3.8, 4) is 11.3 Å². The van der Waals surface area contributed by atoms with E-state index in [-0.39, 0.29) is 0 Å². The number of rotatable bonds is 3. The Hall–Kier alpha value is -0.550. The lowest BCUT2D eigenvalue weighted by molar-refractivity contribution is 0.820. The maximum Gasteiger partial charge on any atom is 0.104 e. The van der Waals surface area contributed by atoms with Crippen molar-refractivity contribution in [3.63, 3.8) is 0 Å². The lowest BCUT2D eigenvalue weighted by Crippen LogP contribution is -2.04. The summed E-state index contributed by atoms with van der Waals surface area (Å²) < 4.78 is 1.36. The number of hydrogen-bond donors (Lipinski definition) is 2. The van der Waals surface area contributed by atoms with Gasteiger partial charge in [0.2, 0.25) is 0 Å². The maximum atomic E-state index is 6.07. The number of aromatic amines is 1. The summed E-state index contributed by atoms with van der Waals surface area (Å²) in [6.45, 7) is 0.746. The van der Waals surface area contributed by atoms with Gasteiger partial charge in [-0.15, -0.1) is 11.3 Å². The third-order valence-electron chi connectivity index (χ3n) is 2.01. The Morgan fingerprint density at radius 2 is 2.33 bits per heavy atom. The lowest BCUT2D eigenvalue weighted by atomic mass is 10.1.